The van der Waals surface area contributed by atoms with Gasteiger partial charge in [0.25, 0.3) is 5.91 Å². The molecule has 3 aromatic rings. The van der Waals surface area contributed by atoms with Crippen LogP contribution < -0.4 is 10.7 Å². The minimum atomic E-state index is -0.952. The minimum absolute atomic E-state index is 0.391. The second-order valence-corrected chi connectivity index (χ2v) is 7.34. The zero-order valence-corrected chi connectivity index (χ0v) is 17.8. The van der Waals surface area contributed by atoms with Gasteiger partial charge in [-0.15, -0.1) is 0 Å². The van der Waals surface area contributed by atoms with Crippen LogP contribution in [0.2, 0.25) is 5.02 Å². The first-order valence-electron chi connectivity index (χ1n) is 9.79. The molecular weight excluding hydrogens is 418 g/mol. The molecule has 1 heterocycles. The number of aromatic nitrogens is 2. The molecular formula is C23H22ClN3O4. The first-order chi connectivity index (χ1) is 14.9. The van der Waals surface area contributed by atoms with Crippen LogP contribution in [0.1, 0.15) is 28.2 Å². The zero-order valence-electron chi connectivity index (χ0n) is 17.0. The predicted octanol–water partition coefficient (Wildman–Crippen LogP) is 3.10. The Labute approximate surface area is 184 Å². The standard InChI is InChI=1S/C23H22ClN3O4/c1-16-14-20(28)22(26-27(16)19-11-9-18(24)10-12-19)23(30)31-15-21(29)25-13-5-8-17-6-3-2-4-7-17/h2-4,6-7,9-12,14H,5,8,13,15H2,1H3,(H,25,29). The number of halogens is 1. The van der Waals surface area contributed by atoms with Crippen molar-refractivity contribution in [2.45, 2.75) is 19.8 Å². The number of rotatable bonds is 8. The number of nitrogens with zero attached hydrogens (tertiary/aromatic N) is 2. The van der Waals surface area contributed by atoms with Crippen LogP contribution in [-0.4, -0.2) is 34.8 Å². The number of esters is 1. The molecule has 0 saturated heterocycles. The third-order valence-electron chi connectivity index (χ3n) is 4.51. The van der Waals surface area contributed by atoms with E-state index in [-0.39, 0.29) is 0 Å². The van der Waals surface area contributed by atoms with E-state index in [1.54, 1.807) is 31.2 Å². The summed E-state index contributed by atoms with van der Waals surface area (Å²) >= 11 is 5.90. The van der Waals surface area contributed by atoms with Crippen LogP contribution in [0.15, 0.2) is 65.5 Å². The summed E-state index contributed by atoms with van der Waals surface area (Å²) < 4.78 is 6.43. The summed E-state index contributed by atoms with van der Waals surface area (Å²) in [5.41, 5.74) is 1.39. The molecule has 1 N–H and O–H groups in total. The molecule has 0 unspecified atom stereocenters. The number of carbonyl (C=O) groups excluding carboxylic acids is 2. The first kappa shape index (κ1) is 22.2. The summed E-state index contributed by atoms with van der Waals surface area (Å²) in [4.78, 5) is 36.5. The van der Waals surface area contributed by atoms with E-state index in [1.807, 2.05) is 30.3 Å². The van der Waals surface area contributed by atoms with Crippen molar-refractivity contribution >= 4 is 23.5 Å². The Hall–Kier alpha value is -3.45. The van der Waals surface area contributed by atoms with E-state index in [9.17, 15) is 14.4 Å². The molecule has 8 heteroatoms. The summed E-state index contributed by atoms with van der Waals surface area (Å²) in [7, 11) is 0. The van der Waals surface area contributed by atoms with Gasteiger partial charge >= 0.3 is 5.97 Å². The lowest BCUT2D eigenvalue weighted by Gasteiger charge is -2.11. The topological polar surface area (TPSA) is 90.3 Å². The van der Waals surface area contributed by atoms with E-state index in [0.717, 1.165) is 12.8 Å². The molecule has 0 aliphatic carbocycles. The van der Waals surface area contributed by atoms with Gasteiger partial charge in [-0.3, -0.25) is 9.59 Å². The predicted molar refractivity (Wildman–Crippen MR) is 118 cm³/mol. The zero-order chi connectivity index (χ0) is 22.2. The van der Waals surface area contributed by atoms with Gasteiger partial charge in [-0.1, -0.05) is 41.9 Å². The van der Waals surface area contributed by atoms with Gasteiger partial charge < -0.3 is 10.1 Å². The number of amides is 1. The number of aryl methyl sites for hydroxylation is 2. The highest BCUT2D eigenvalue weighted by Gasteiger charge is 2.18. The number of hydrogen-bond donors (Lipinski definition) is 1. The van der Waals surface area contributed by atoms with E-state index >= 15 is 0 Å². The molecule has 31 heavy (non-hydrogen) atoms. The van der Waals surface area contributed by atoms with Crippen LogP contribution >= 0.6 is 11.6 Å². The second kappa shape index (κ2) is 10.5. The fourth-order valence-electron chi connectivity index (χ4n) is 2.95. The molecule has 160 valence electrons. The van der Waals surface area contributed by atoms with Crippen molar-refractivity contribution in [1.82, 2.24) is 15.1 Å². The molecule has 3 rings (SSSR count). The van der Waals surface area contributed by atoms with E-state index in [2.05, 4.69) is 10.4 Å². The third kappa shape index (κ3) is 6.26. The maximum atomic E-state index is 12.3. The summed E-state index contributed by atoms with van der Waals surface area (Å²) in [6.45, 7) is 1.67. The van der Waals surface area contributed by atoms with E-state index in [4.69, 9.17) is 16.3 Å². The highest BCUT2D eigenvalue weighted by Crippen LogP contribution is 2.14. The minimum Gasteiger partial charge on any atom is -0.451 e. The van der Waals surface area contributed by atoms with Crippen LogP contribution in [-0.2, 0) is 16.0 Å². The third-order valence-corrected chi connectivity index (χ3v) is 4.77. The Bertz CT molecular complexity index is 1110. The molecule has 7 nitrogen and oxygen atoms in total. The van der Waals surface area contributed by atoms with Gasteiger partial charge in [0.15, 0.2) is 6.61 Å². The maximum Gasteiger partial charge on any atom is 0.363 e. The molecule has 0 atom stereocenters. The lowest BCUT2D eigenvalue weighted by molar-refractivity contribution is -0.124. The lowest BCUT2D eigenvalue weighted by Crippen LogP contribution is -2.31. The van der Waals surface area contributed by atoms with Gasteiger partial charge in [0, 0.05) is 23.3 Å². The fraction of sp³-hybridized carbons (Fsp3) is 0.217. The molecule has 0 fully saturated rings. The van der Waals surface area contributed by atoms with E-state index in [1.165, 1.54) is 16.3 Å². The van der Waals surface area contributed by atoms with Gasteiger partial charge in [-0.05, 0) is 49.6 Å². The first-order valence-corrected chi connectivity index (χ1v) is 10.2. The molecule has 0 bridgehead atoms. The molecule has 0 saturated carbocycles. The smallest absolute Gasteiger partial charge is 0.363 e. The number of carbonyl (C=O) groups is 2. The Kier molecular flexibility index (Phi) is 7.56. The van der Waals surface area contributed by atoms with Crippen molar-refractivity contribution in [3.8, 4) is 5.69 Å². The van der Waals surface area contributed by atoms with Crippen molar-refractivity contribution in [3.05, 3.63) is 92.9 Å². The van der Waals surface area contributed by atoms with E-state index in [0.29, 0.717) is 22.9 Å². The summed E-state index contributed by atoms with van der Waals surface area (Å²) in [6, 6.07) is 18.0. The van der Waals surface area contributed by atoms with Crippen molar-refractivity contribution in [1.29, 1.82) is 0 Å². The Morgan fingerprint density at radius 3 is 2.52 bits per heavy atom. The normalized spacial score (nSPS) is 10.5. The second-order valence-electron chi connectivity index (χ2n) is 6.90. The monoisotopic (exact) mass is 439 g/mol. The van der Waals surface area contributed by atoms with Crippen molar-refractivity contribution in [3.63, 3.8) is 0 Å². The van der Waals surface area contributed by atoms with Crippen LogP contribution in [0, 0.1) is 6.92 Å². The summed E-state index contributed by atoms with van der Waals surface area (Å²) in [5.74, 6) is -1.39. The van der Waals surface area contributed by atoms with Crippen LogP contribution in [0.4, 0.5) is 0 Å². The van der Waals surface area contributed by atoms with Crippen molar-refractivity contribution < 1.29 is 14.3 Å². The molecule has 0 aliphatic heterocycles. The molecule has 1 aromatic heterocycles. The maximum absolute atomic E-state index is 12.3. The van der Waals surface area contributed by atoms with Crippen molar-refractivity contribution in [2.75, 3.05) is 13.2 Å². The van der Waals surface area contributed by atoms with Crippen molar-refractivity contribution in [2.24, 2.45) is 0 Å². The SMILES string of the molecule is Cc1cc(=O)c(C(=O)OCC(=O)NCCCc2ccccc2)nn1-c1ccc(Cl)cc1. The van der Waals surface area contributed by atoms with Gasteiger partial charge in [0.1, 0.15) is 0 Å². The fourth-order valence-corrected chi connectivity index (χ4v) is 3.07. The Morgan fingerprint density at radius 1 is 1.10 bits per heavy atom. The highest BCUT2D eigenvalue weighted by atomic mass is 35.5. The van der Waals surface area contributed by atoms with Gasteiger partial charge in [-0.25, -0.2) is 9.48 Å². The molecule has 2 aromatic carbocycles. The number of hydrogen-bond acceptors (Lipinski definition) is 5. The molecule has 0 radical (unpaired) electrons. The van der Waals surface area contributed by atoms with Crippen LogP contribution in [0.25, 0.3) is 5.69 Å². The van der Waals surface area contributed by atoms with Gasteiger partial charge in [-0.2, -0.15) is 5.10 Å². The Morgan fingerprint density at radius 2 is 1.81 bits per heavy atom. The van der Waals surface area contributed by atoms with E-state index < -0.39 is 29.6 Å². The quantitative estimate of drug-likeness (QED) is 0.430. The average Bonchev–Trinajstić information content (AvgIpc) is 2.77. The molecule has 1 amide bonds. The lowest BCUT2D eigenvalue weighted by atomic mass is 10.1. The largest absolute Gasteiger partial charge is 0.451 e. The Balaban J connectivity index is 1.55. The van der Waals surface area contributed by atoms with Crippen LogP contribution in [0.3, 0.4) is 0 Å². The van der Waals surface area contributed by atoms with Gasteiger partial charge in [0.05, 0.1) is 5.69 Å². The summed E-state index contributed by atoms with van der Waals surface area (Å²) in [6.07, 6.45) is 1.59. The molecule has 0 aliphatic rings. The number of benzene rings is 2. The number of nitrogens with one attached hydrogen (secondary N) is 1. The molecule has 0 spiro atoms. The number of ether oxygens (including phenoxy) is 1. The average molecular weight is 440 g/mol. The summed E-state index contributed by atoms with van der Waals surface area (Å²) in [5, 5.41) is 7.36. The van der Waals surface area contributed by atoms with Gasteiger partial charge in [0.2, 0.25) is 11.1 Å². The highest BCUT2D eigenvalue weighted by molar-refractivity contribution is 6.30. The van der Waals surface area contributed by atoms with Crippen LogP contribution in [0.5, 0.6) is 0 Å².